The molecule has 234 valence electrons. The second-order valence-corrected chi connectivity index (χ2v) is 18.7. The predicted octanol–water partition coefficient (Wildman–Crippen LogP) is 6.50. The smallest absolute Gasteiger partial charge is 0.319 e. The first-order valence-electron chi connectivity index (χ1n) is 14.7. The number of rotatable bonds is 12. The lowest BCUT2D eigenvalue weighted by Gasteiger charge is -2.37. The maximum absolute atomic E-state index is 15.3. The van der Waals surface area contributed by atoms with Gasteiger partial charge in [-0.05, 0) is 25.0 Å². The van der Waals surface area contributed by atoms with Crippen LogP contribution in [0.4, 0.5) is 19.3 Å². The van der Waals surface area contributed by atoms with Crippen molar-refractivity contribution in [3.63, 3.8) is 0 Å². The summed E-state index contributed by atoms with van der Waals surface area (Å²) in [6.07, 6.45) is 5.25. The van der Waals surface area contributed by atoms with Crippen molar-refractivity contribution < 1.29 is 32.2 Å². The molecule has 11 nitrogen and oxygen atoms in total. The number of pyridine rings is 1. The van der Waals surface area contributed by atoms with Crippen LogP contribution in [-0.2, 0) is 16.2 Å². The summed E-state index contributed by atoms with van der Waals surface area (Å²) < 4.78 is 55.4. The summed E-state index contributed by atoms with van der Waals surface area (Å²) in [6.45, 7) is 11.1. The Balaban J connectivity index is 1.26. The molecule has 2 fully saturated rings. The van der Waals surface area contributed by atoms with Gasteiger partial charge in [-0.15, -0.1) is 10.2 Å². The van der Waals surface area contributed by atoms with E-state index >= 15 is 8.78 Å². The molecule has 2 N–H and O–H groups in total. The minimum absolute atomic E-state index is 0.0551. The molecule has 14 heteroatoms. The van der Waals surface area contributed by atoms with Crippen molar-refractivity contribution in [1.29, 1.82) is 0 Å². The molecule has 6 rings (SSSR count). The number of carbonyl (C=O) groups excluding carboxylic acids is 1. The zero-order valence-electron chi connectivity index (χ0n) is 25.2. The van der Waals surface area contributed by atoms with E-state index in [1.165, 1.54) is 12.3 Å². The van der Waals surface area contributed by atoms with Gasteiger partial charge >= 0.3 is 6.03 Å². The molecule has 0 bridgehead atoms. The second kappa shape index (κ2) is 11.9. The van der Waals surface area contributed by atoms with Gasteiger partial charge in [0.05, 0.1) is 24.2 Å². The number of anilines is 1. The lowest BCUT2D eigenvalue weighted by atomic mass is 9.89. The van der Waals surface area contributed by atoms with E-state index in [0.29, 0.717) is 48.9 Å². The molecule has 0 atom stereocenters. The second-order valence-electron chi connectivity index (χ2n) is 13.1. The molecule has 2 aliphatic rings. The minimum atomic E-state index is -1.29. The fourth-order valence-corrected chi connectivity index (χ4v) is 5.53. The van der Waals surface area contributed by atoms with Crippen LogP contribution in [0, 0.1) is 17.0 Å². The van der Waals surface area contributed by atoms with Gasteiger partial charge in [0, 0.05) is 62.8 Å². The number of ether oxygens (including phenoxy) is 3. The van der Waals surface area contributed by atoms with Crippen molar-refractivity contribution in [3.8, 4) is 23.0 Å². The highest BCUT2D eigenvalue weighted by Crippen LogP contribution is 2.43. The third kappa shape index (κ3) is 6.76. The molecular weight excluding hydrogens is 590 g/mol. The molecule has 2 amide bonds. The molecule has 44 heavy (non-hydrogen) atoms. The Morgan fingerprint density at radius 1 is 1.18 bits per heavy atom. The van der Waals surface area contributed by atoms with Gasteiger partial charge in [-0.25, -0.2) is 18.6 Å². The van der Waals surface area contributed by atoms with Crippen LogP contribution in [0.2, 0.25) is 25.7 Å². The van der Waals surface area contributed by atoms with Crippen molar-refractivity contribution in [2.24, 2.45) is 5.41 Å². The zero-order chi connectivity index (χ0) is 31.1. The number of hydrogen-bond acceptors (Lipinski definition) is 8. The van der Waals surface area contributed by atoms with Gasteiger partial charge in [-0.2, -0.15) is 0 Å². The fourth-order valence-electron chi connectivity index (χ4n) is 4.77. The van der Waals surface area contributed by atoms with Gasteiger partial charge in [0.2, 0.25) is 11.8 Å². The molecule has 1 aliphatic heterocycles. The average Bonchev–Trinajstić information content (AvgIpc) is 3.56. The van der Waals surface area contributed by atoms with Gasteiger partial charge in [0.25, 0.3) is 0 Å². The SMILES string of the molecule is CC1(CNC(=O)Nc2cc(F)c(Oc3ccnc4c3c(-c3nnc(C5CC5)o3)cn4COCC[Si](C)(C)C)c(F)c2)COC1. The monoisotopic (exact) mass is 626 g/mol. The van der Waals surface area contributed by atoms with E-state index in [1.807, 2.05) is 6.92 Å². The first kappa shape index (κ1) is 30.2. The number of nitrogens with zero attached hydrogens (tertiary/aromatic N) is 4. The van der Waals surface area contributed by atoms with Crippen LogP contribution in [0.5, 0.6) is 11.5 Å². The summed E-state index contributed by atoms with van der Waals surface area (Å²) in [5.41, 5.74) is 0.774. The van der Waals surface area contributed by atoms with Crippen molar-refractivity contribution in [2.45, 2.75) is 58.1 Å². The first-order chi connectivity index (χ1) is 21.0. The Labute approximate surface area is 254 Å². The van der Waals surface area contributed by atoms with E-state index in [0.717, 1.165) is 31.0 Å². The number of amides is 2. The van der Waals surface area contributed by atoms with Crippen molar-refractivity contribution in [3.05, 3.63) is 48.1 Å². The van der Waals surface area contributed by atoms with Crippen LogP contribution < -0.4 is 15.4 Å². The highest BCUT2D eigenvalue weighted by atomic mass is 28.3. The van der Waals surface area contributed by atoms with E-state index in [-0.39, 0.29) is 35.4 Å². The molecule has 4 heterocycles. The number of urea groups is 1. The largest absolute Gasteiger partial charge is 0.450 e. The lowest BCUT2D eigenvalue weighted by molar-refractivity contribution is -0.0974. The summed E-state index contributed by atoms with van der Waals surface area (Å²) in [5, 5.41) is 14.1. The molecule has 1 aliphatic carbocycles. The van der Waals surface area contributed by atoms with E-state index < -0.39 is 31.5 Å². The van der Waals surface area contributed by atoms with Crippen molar-refractivity contribution in [2.75, 3.05) is 31.7 Å². The third-order valence-corrected chi connectivity index (χ3v) is 9.29. The molecule has 0 spiro atoms. The van der Waals surface area contributed by atoms with E-state index in [2.05, 4.69) is 45.5 Å². The summed E-state index contributed by atoms with van der Waals surface area (Å²) in [6, 6.07) is 3.94. The molecule has 4 aromatic rings. The number of nitrogens with one attached hydrogen (secondary N) is 2. The van der Waals surface area contributed by atoms with Gasteiger partial charge in [-0.1, -0.05) is 26.6 Å². The third-order valence-electron chi connectivity index (χ3n) is 7.59. The maximum atomic E-state index is 15.3. The molecule has 1 aromatic carbocycles. The highest BCUT2D eigenvalue weighted by molar-refractivity contribution is 6.76. The first-order valence-corrected chi connectivity index (χ1v) is 18.4. The summed E-state index contributed by atoms with van der Waals surface area (Å²) in [7, 11) is -1.29. The lowest BCUT2D eigenvalue weighted by Crippen LogP contribution is -2.49. The Kier molecular flexibility index (Phi) is 8.15. The summed E-state index contributed by atoms with van der Waals surface area (Å²) >= 11 is 0. The predicted molar refractivity (Wildman–Crippen MR) is 161 cm³/mol. The number of carbonyl (C=O) groups is 1. The highest BCUT2D eigenvalue weighted by Gasteiger charge is 2.34. The van der Waals surface area contributed by atoms with E-state index in [9.17, 15) is 4.79 Å². The Morgan fingerprint density at radius 3 is 2.59 bits per heavy atom. The normalized spacial score (nSPS) is 16.1. The number of halogens is 2. The number of benzene rings is 1. The Bertz CT molecular complexity index is 1660. The number of aromatic nitrogens is 4. The molecule has 0 unspecified atom stereocenters. The average molecular weight is 627 g/mol. The van der Waals surface area contributed by atoms with Crippen LogP contribution in [0.15, 0.2) is 35.0 Å². The van der Waals surface area contributed by atoms with Crippen LogP contribution in [0.1, 0.15) is 31.6 Å². The Morgan fingerprint density at radius 2 is 1.93 bits per heavy atom. The van der Waals surface area contributed by atoms with Crippen molar-refractivity contribution >= 4 is 30.8 Å². The summed E-state index contributed by atoms with van der Waals surface area (Å²) in [5.74, 6) is -1.41. The van der Waals surface area contributed by atoms with Gasteiger partial charge in [-0.3, -0.25) is 0 Å². The van der Waals surface area contributed by atoms with Gasteiger partial charge in [0.15, 0.2) is 17.4 Å². The van der Waals surface area contributed by atoms with Crippen molar-refractivity contribution in [1.82, 2.24) is 25.1 Å². The van der Waals surface area contributed by atoms with Crippen LogP contribution in [0.3, 0.4) is 0 Å². The quantitative estimate of drug-likeness (QED) is 0.135. The fraction of sp³-hybridized carbons (Fsp3) is 0.467. The van der Waals surface area contributed by atoms with Gasteiger partial charge in [0.1, 0.15) is 18.1 Å². The minimum Gasteiger partial charge on any atom is -0.450 e. The number of hydrogen-bond donors (Lipinski definition) is 2. The Hall–Kier alpha value is -3.88. The van der Waals surface area contributed by atoms with Crippen LogP contribution in [0.25, 0.3) is 22.5 Å². The molecule has 1 saturated carbocycles. The van der Waals surface area contributed by atoms with Gasteiger partial charge < -0.3 is 33.8 Å². The zero-order valence-corrected chi connectivity index (χ0v) is 26.2. The topological polar surface area (TPSA) is 126 Å². The van der Waals surface area contributed by atoms with Crippen LogP contribution >= 0.6 is 0 Å². The molecule has 1 saturated heterocycles. The molecule has 0 radical (unpaired) electrons. The molecular formula is C30H36F2N6O5Si. The maximum Gasteiger partial charge on any atom is 0.319 e. The standard InChI is InChI=1S/C30H36F2N6O5Si/c1-30(15-41-16-30)14-34-29(39)35-19-11-21(31)25(22(32)12-19)42-23-7-8-33-26-24(23)20(28-37-36-27(43-28)18-5-6-18)13-38(26)17-40-9-10-44(2,3)4/h7-8,11-13,18H,5-6,9-10,14-17H2,1-4H3,(H2,34,35,39). The van der Waals surface area contributed by atoms with E-state index in [4.69, 9.17) is 18.6 Å². The summed E-state index contributed by atoms with van der Waals surface area (Å²) in [4.78, 5) is 16.9. The van der Waals surface area contributed by atoms with E-state index in [1.54, 1.807) is 10.8 Å². The number of fused-ring (bicyclic) bond motifs is 1. The molecule has 3 aromatic heterocycles. The van der Waals surface area contributed by atoms with Crippen LogP contribution in [-0.4, -0.2) is 60.2 Å².